The molecule has 1 unspecified atom stereocenters. The zero-order valence-corrected chi connectivity index (χ0v) is 23.6. The molecule has 0 radical (unpaired) electrons. The van der Waals surface area contributed by atoms with E-state index in [4.69, 9.17) is 9.47 Å². The van der Waals surface area contributed by atoms with Gasteiger partial charge in [-0.05, 0) is 76.1 Å². The molecule has 2 aromatic heterocycles. The number of piperidine rings is 1. The molecule has 5 rings (SSSR count). The van der Waals surface area contributed by atoms with Crippen LogP contribution in [0.15, 0.2) is 30.6 Å². The van der Waals surface area contributed by atoms with Crippen LogP contribution in [0.5, 0.6) is 5.75 Å². The Morgan fingerprint density at radius 1 is 1.13 bits per heavy atom. The number of hydrogen-bond donors (Lipinski definition) is 2. The lowest BCUT2D eigenvalue weighted by Gasteiger charge is -2.42. The van der Waals surface area contributed by atoms with Gasteiger partial charge in [0.15, 0.2) is 5.82 Å². The number of ether oxygens (including phenoxy) is 2. The van der Waals surface area contributed by atoms with E-state index in [1.54, 1.807) is 13.3 Å². The van der Waals surface area contributed by atoms with E-state index >= 15 is 0 Å². The normalized spacial score (nSPS) is 22.4. The molecule has 2 saturated heterocycles. The molecule has 4 heterocycles. The number of anilines is 1. The number of nitrogens with one attached hydrogen (secondary N) is 2. The minimum absolute atomic E-state index is 0.0953. The second-order valence-electron chi connectivity index (χ2n) is 11.9. The first kappa shape index (κ1) is 27.5. The molecule has 1 saturated carbocycles. The number of pyridine rings is 1. The Balaban J connectivity index is 1.18. The quantitative estimate of drug-likeness (QED) is 0.519. The SMILES string of the molecule is COc1cncc(C2CN(Cc3ccc(N4CCC[C@@H](N(CC5CCC5)C(=O)OC(C)(C)C)C4)nn3)NN2)c1. The van der Waals surface area contributed by atoms with E-state index in [0.717, 1.165) is 61.8 Å². The van der Waals surface area contributed by atoms with Crippen LogP contribution in [0.4, 0.5) is 10.6 Å². The maximum atomic E-state index is 13.2. The second-order valence-corrected chi connectivity index (χ2v) is 11.9. The topological polar surface area (TPSA) is 108 Å². The van der Waals surface area contributed by atoms with Crippen LogP contribution in [0.3, 0.4) is 0 Å². The van der Waals surface area contributed by atoms with Crippen molar-refractivity contribution in [2.75, 3.05) is 38.2 Å². The molecule has 0 aromatic carbocycles. The molecule has 39 heavy (non-hydrogen) atoms. The van der Waals surface area contributed by atoms with Gasteiger partial charge in [0.05, 0.1) is 37.6 Å². The van der Waals surface area contributed by atoms with Crippen molar-refractivity contribution >= 4 is 11.9 Å². The third-order valence-corrected chi connectivity index (χ3v) is 7.70. The van der Waals surface area contributed by atoms with E-state index in [9.17, 15) is 4.79 Å². The summed E-state index contributed by atoms with van der Waals surface area (Å²) >= 11 is 0. The zero-order chi connectivity index (χ0) is 27.4. The summed E-state index contributed by atoms with van der Waals surface area (Å²) in [6, 6.07) is 6.28. The van der Waals surface area contributed by atoms with Crippen molar-refractivity contribution in [3.8, 4) is 5.75 Å². The molecule has 11 nitrogen and oxygen atoms in total. The molecule has 2 atom stereocenters. The van der Waals surface area contributed by atoms with Crippen molar-refractivity contribution in [3.63, 3.8) is 0 Å². The summed E-state index contributed by atoms with van der Waals surface area (Å²) in [5, 5.41) is 11.2. The molecule has 2 aliphatic heterocycles. The summed E-state index contributed by atoms with van der Waals surface area (Å²) in [6.45, 7) is 9.60. The third-order valence-electron chi connectivity index (χ3n) is 7.70. The molecule has 11 heteroatoms. The fourth-order valence-corrected chi connectivity index (χ4v) is 5.38. The van der Waals surface area contributed by atoms with Crippen molar-refractivity contribution < 1.29 is 14.3 Å². The van der Waals surface area contributed by atoms with Crippen LogP contribution in [0.2, 0.25) is 0 Å². The molecule has 2 aromatic rings. The lowest BCUT2D eigenvalue weighted by Crippen LogP contribution is -2.53. The summed E-state index contributed by atoms with van der Waals surface area (Å²) in [6.07, 6.45) is 8.98. The van der Waals surface area contributed by atoms with Crippen molar-refractivity contribution in [2.45, 2.75) is 77.1 Å². The molecule has 3 aliphatic rings. The first-order valence-corrected chi connectivity index (χ1v) is 14.1. The summed E-state index contributed by atoms with van der Waals surface area (Å²) in [4.78, 5) is 21.7. The van der Waals surface area contributed by atoms with Crippen molar-refractivity contribution in [1.82, 2.24) is 36.1 Å². The van der Waals surface area contributed by atoms with Gasteiger partial charge in [0.25, 0.3) is 0 Å². The van der Waals surface area contributed by atoms with E-state index < -0.39 is 5.60 Å². The second kappa shape index (κ2) is 12.0. The molecule has 0 bridgehead atoms. The van der Waals surface area contributed by atoms with Crippen LogP contribution >= 0.6 is 0 Å². The fraction of sp³-hybridized carbons (Fsp3) is 0.643. The average Bonchev–Trinajstić information content (AvgIpc) is 3.36. The van der Waals surface area contributed by atoms with Crippen LogP contribution in [-0.4, -0.2) is 76.1 Å². The summed E-state index contributed by atoms with van der Waals surface area (Å²) in [5.74, 6) is 2.18. The molecule has 3 fully saturated rings. The minimum atomic E-state index is -0.505. The summed E-state index contributed by atoms with van der Waals surface area (Å²) in [5.41, 5.74) is 7.96. The first-order chi connectivity index (χ1) is 18.8. The largest absolute Gasteiger partial charge is 0.495 e. The number of aromatic nitrogens is 3. The molecular formula is C28H42N8O3. The highest BCUT2D eigenvalue weighted by atomic mass is 16.6. The smallest absolute Gasteiger partial charge is 0.410 e. The van der Waals surface area contributed by atoms with Crippen LogP contribution < -0.4 is 20.6 Å². The number of hydrogen-bond acceptors (Lipinski definition) is 10. The van der Waals surface area contributed by atoms with Crippen molar-refractivity contribution in [3.05, 3.63) is 41.9 Å². The van der Waals surface area contributed by atoms with E-state index in [-0.39, 0.29) is 18.2 Å². The third kappa shape index (κ3) is 7.14. The highest BCUT2D eigenvalue weighted by molar-refractivity contribution is 5.69. The van der Waals surface area contributed by atoms with Gasteiger partial charge < -0.3 is 19.3 Å². The van der Waals surface area contributed by atoms with Gasteiger partial charge in [-0.2, -0.15) is 10.6 Å². The Hall–Kier alpha value is -3.02. The van der Waals surface area contributed by atoms with Crippen LogP contribution in [-0.2, 0) is 11.3 Å². The number of hydrazine groups is 2. The van der Waals surface area contributed by atoms with Crippen LogP contribution in [0.1, 0.15) is 70.2 Å². The summed E-state index contributed by atoms with van der Waals surface area (Å²) in [7, 11) is 1.64. The van der Waals surface area contributed by atoms with Gasteiger partial charge >= 0.3 is 6.09 Å². The number of carbonyl (C=O) groups is 1. The number of amides is 1. The first-order valence-electron chi connectivity index (χ1n) is 14.1. The lowest BCUT2D eigenvalue weighted by molar-refractivity contribution is 0.00733. The van der Waals surface area contributed by atoms with Crippen LogP contribution in [0, 0.1) is 5.92 Å². The Kier molecular flexibility index (Phi) is 8.49. The van der Waals surface area contributed by atoms with Gasteiger partial charge in [-0.25, -0.2) is 15.2 Å². The molecular weight excluding hydrogens is 496 g/mol. The maximum Gasteiger partial charge on any atom is 0.410 e. The Morgan fingerprint density at radius 2 is 1.97 bits per heavy atom. The van der Waals surface area contributed by atoms with Crippen molar-refractivity contribution in [1.29, 1.82) is 0 Å². The van der Waals surface area contributed by atoms with Crippen molar-refractivity contribution in [2.24, 2.45) is 5.92 Å². The fourth-order valence-electron chi connectivity index (χ4n) is 5.38. The molecule has 212 valence electrons. The monoisotopic (exact) mass is 538 g/mol. The number of carbonyl (C=O) groups excluding carboxylic acids is 1. The molecule has 0 spiro atoms. The Morgan fingerprint density at radius 3 is 2.67 bits per heavy atom. The average molecular weight is 539 g/mol. The van der Waals surface area contributed by atoms with Gasteiger partial charge in [-0.1, -0.05) is 6.42 Å². The number of rotatable bonds is 8. The van der Waals surface area contributed by atoms with Gasteiger partial charge in [-0.15, -0.1) is 5.10 Å². The molecule has 1 aliphatic carbocycles. The highest BCUT2D eigenvalue weighted by Gasteiger charge is 2.35. The summed E-state index contributed by atoms with van der Waals surface area (Å²) < 4.78 is 11.1. The van der Waals surface area contributed by atoms with Gasteiger partial charge in [0.2, 0.25) is 0 Å². The number of nitrogens with zero attached hydrogens (tertiary/aromatic N) is 6. The van der Waals surface area contributed by atoms with E-state index in [1.807, 2.05) is 50.1 Å². The lowest BCUT2D eigenvalue weighted by atomic mass is 9.84. The Bertz CT molecular complexity index is 1100. The highest BCUT2D eigenvalue weighted by Crippen LogP contribution is 2.30. The zero-order valence-electron chi connectivity index (χ0n) is 23.6. The predicted octanol–water partition coefficient (Wildman–Crippen LogP) is 3.45. The molecule has 1 amide bonds. The van der Waals surface area contributed by atoms with Crippen LogP contribution in [0.25, 0.3) is 0 Å². The van der Waals surface area contributed by atoms with E-state index in [0.29, 0.717) is 12.5 Å². The number of methoxy groups -OCH3 is 1. The maximum absolute atomic E-state index is 13.2. The van der Waals surface area contributed by atoms with Gasteiger partial charge in [0.1, 0.15) is 11.4 Å². The van der Waals surface area contributed by atoms with E-state index in [1.165, 1.54) is 19.3 Å². The van der Waals surface area contributed by atoms with Gasteiger partial charge in [0, 0.05) is 32.4 Å². The van der Waals surface area contributed by atoms with Gasteiger partial charge in [-0.3, -0.25) is 4.98 Å². The minimum Gasteiger partial charge on any atom is -0.495 e. The Labute approximate surface area is 231 Å². The van der Waals surface area contributed by atoms with E-state index in [2.05, 4.69) is 36.1 Å². The molecule has 2 N–H and O–H groups in total. The standard InChI is InChI=1S/C28H42N8O3/c1-28(2,3)39-27(37)36(16-20-7-5-8-20)23-9-6-12-34(18-23)26-11-10-22(30-32-26)17-35-19-25(31-33-35)21-13-24(38-4)15-29-14-21/h10-11,13-15,20,23,25,31,33H,5-9,12,16-19H2,1-4H3/t23-,25?/m1/s1. The predicted molar refractivity (Wildman–Crippen MR) is 148 cm³/mol.